The number of rotatable bonds is 6. The molecular weight excluding hydrogens is 160 g/mol. The normalized spacial score (nSPS) is 15.6. The zero-order valence-electron chi connectivity index (χ0n) is 7.23. The maximum Gasteiger partial charge on any atom is 0.306 e. The van der Waals surface area contributed by atoms with Crippen LogP contribution in [0.4, 0.5) is 0 Å². The molecule has 0 fully saturated rings. The largest absolute Gasteiger partial charge is 0.481 e. The summed E-state index contributed by atoms with van der Waals surface area (Å²) in [5.41, 5.74) is 0. The number of aliphatic carboxylic acids is 1. The van der Waals surface area contributed by atoms with Gasteiger partial charge in [0, 0.05) is 6.61 Å². The van der Waals surface area contributed by atoms with Crippen LogP contribution in [0.3, 0.4) is 0 Å². The Balaban J connectivity index is 3.71. The van der Waals surface area contributed by atoms with E-state index in [2.05, 4.69) is 0 Å². The average Bonchev–Trinajstić information content (AvgIpc) is 1.96. The third-order valence-corrected chi connectivity index (χ3v) is 1.76. The predicted octanol–water partition coefficient (Wildman–Crippen LogP) is 0.231. The molecule has 72 valence electrons. The molecule has 4 heteroatoms. The summed E-state index contributed by atoms with van der Waals surface area (Å²) in [6, 6.07) is 0. The van der Waals surface area contributed by atoms with E-state index in [9.17, 15) is 4.79 Å². The molecule has 0 rings (SSSR count). The van der Waals surface area contributed by atoms with E-state index in [0.29, 0.717) is 12.8 Å². The molecule has 0 aliphatic carbocycles. The monoisotopic (exact) mass is 176 g/mol. The summed E-state index contributed by atoms with van der Waals surface area (Å²) in [5.74, 6) is -1.42. The van der Waals surface area contributed by atoms with E-state index in [1.165, 1.54) is 0 Å². The minimum absolute atomic E-state index is 0.114. The topological polar surface area (TPSA) is 77.8 Å². The lowest BCUT2D eigenvalue weighted by Crippen LogP contribution is -2.17. The molecule has 0 saturated carbocycles. The van der Waals surface area contributed by atoms with Crippen molar-refractivity contribution in [1.82, 2.24) is 0 Å². The van der Waals surface area contributed by atoms with Gasteiger partial charge < -0.3 is 15.3 Å². The van der Waals surface area contributed by atoms with Gasteiger partial charge in [0.15, 0.2) is 0 Å². The average molecular weight is 176 g/mol. The first kappa shape index (κ1) is 11.4. The molecule has 2 unspecified atom stereocenters. The summed E-state index contributed by atoms with van der Waals surface area (Å²) >= 11 is 0. The third-order valence-electron chi connectivity index (χ3n) is 1.76. The highest BCUT2D eigenvalue weighted by Gasteiger charge is 2.16. The fourth-order valence-corrected chi connectivity index (χ4v) is 0.990. The fourth-order valence-electron chi connectivity index (χ4n) is 0.990. The summed E-state index contributed by atoms with van der Waals surface area (Å²) in [4.78, 5) is 10.5. The Labute approximate surface area is 71.8 Å². The Kier molecular flexibility index (Phi) is 5.66. The first-order valence-corrected chi connectivity index (χ1v) is 4.09. The Bertz CT molecular complexity index is 133. The number of aliphatic hydroxyl groups excluding tert-OH is 2. The Morgan fingerprint density at radius 3 is 2.25 bits per heavy atom. The molecule has 12 heavy (non-hydrogen) atoms. The van der Waals surface area contributed by atoms with Gasteiger partial charge >= 0.3 is 5.97 Å². The first-order chi connectivity index (χ1) is 5.57. The smallest absolute Gasteiger partial charge is 0.306 e. The molecule has 0 amide bonds. The number of aliphatic hydroxyl groups is 2. The van der Waals surface area contributed by atoms with Gasteiger partial charge in [0.05, 0.1) is 12.0 Å². The van der Waals surface area contributed by atoms with Crippen LogP contribution in [0.25, 0.3) is 0 Å². The van der Waals surface area contributed by atoms with Crippen LogP contribution in [0, 0.1) is 5.92 Å². The number of carboxylic acid groups (broad SMARTS) is 1. The Morgan fingerprint density at radius 1 is 1.33 bits per heavy atom. The standard InChI is InChI=1S/C8H16O4/c1-6(10)2-3-7(4-5-9)8(11)12/h6-7,9-10H,2-5H2,1H3,(H,11,12). The Hall–Kier alpha value is -0.610. The van der Waals surface area contributed by atoms with Crippen LogP contribution in [0.15, 0.2) is 0 Å². The molecule has 0 bridgehead atoms. The van der Waals surface area contributed by atoms with Crippen LogP contribution in [-0.4, -0.2) is 34.0 Å². The highest BCUT2D eigenvalue weighted by Crippen LogP contribution is 2.12. The van der Waals surface area contributed by atoms with Crippen molar-refractivity contribution in [2.75, 3.05) is 6.61 Å². The van der Waals surface area contributed by atoms with Crippen LogP contribution in [0.5, 0.6) is 0 Å². The van der Waals surface area contributed by atoms with Crippen molar-refractivity contribution in [3.8, 4) is 0 Å². The van der Waals surface area contributed by atoms with Crippen LogP contribution >= 0.6 is 0 Å². The number of carboxylic acids is 1. The van der Waals surface area contributed by atoms with Crippen molar-refractivity contribution in [3.05, 3.63) is 0 Å². The molecular formula is C8H16O4. The van der Waals surface area contributed by atoms with Crippen LogP contribution in [-0.2, 0) is 4.79 Å². The summed E-state index contributed by atoms with van der Waals surface area (Å²) < 4.78 is 0. The van der Waals surface area contributed by atoms with Gasteiger partial charge in [0.1, 0.15) is 0 Å². The minimum atomic E-state index is -0.898. The lowest BCUT2D eigenvalue weighted by atomic mass is 9.98. The van der Waals surface area contributed by atoms with Gasteiger partial charge in [-0.2, -0.15) is 0 Å². The number of carbonyl (C=O) groups is 1. The number of hydrogen-bond donors (Lipinski definition) is 3. The van der Waals surface area contributed by atoms with Gasteiger partial charge in [-0.15, -0.1) is 0 Å². The highest BCUT2D eigenvalue weighted by molar-refractivity contribution is 5.69. The van der Waals surface area contributed by atoms with Crippen molar-refractivity contribution in [3.63, 3.8) is 0 Å². The SMILES string of the molecule is CC(O)CCC(CCO)C(=O)O. The van der Waals surface area contributed by atoms with E-state index < -0.39 is 18.0 Å². The maximum absolute atomic E-state index is 10.5. The van der Waals surface area contributed by atoms with Gasteiger partial charge in [-0.1, -0.05) is 0 Å². The minimum Gasteiger partial charge on any atom is -0.481 e. The molecule has 3 N–H and O–H groups in total. The lowest BCUT2D eigenvalue weighted by molar-refractivity contribution is -0.142. The molecule has 0 aromatic heterocycles. The summed E-state index contributed by atoms with van der Waals surface area (Å²) in [5, 5.41) is 26.0. The molecule has 0 aliphatic rings. The van der Waals surface area contributed by atoms with Crippen molar-refractivity contribution in [2.45, 2.75) is 32.3 Å². The fraction of sp³-hybridized carbons (Fsp3) is 0.875. The molecule has 4 nitrogen and oxygen atoms in total. The van der Waals surface area contributed by atoms with Gasteiger partial charge in [-0.05, 0) is 26.2 Å². The second-order valence-corrected chi connectivity index (χ2v) is 2.97. The molecule has 0 aromatic rings. The first-order valence-electron chi connectivity index (χ1n) is 4.09. The van der Waals surface area contributed by atoms with Crippen LogP contribution < -0.4 is 0 Å². The van der Waals surface area contributed by atoms with Gasteiger partial charge in [-0.25, -0.2) is 0 Å². The van der Waals surface area contributed by atoms with Crippen molar-refractivity contribution < 1.29 is 20.1 Å². The zero-order valence-corrected chi connectivity index (χ0v) is 7.23. The second kappa shape index (κ2) is 5.97. The van der Waals surface area contributed by atoms with E-state index in [-0.39, 0.29) is 13.0 Å². The molecule has 0 heterocycles. The highest BCUT2D eigenvalue weighted by atomic mass is 16.4. The van der Waals surface area contributed by atoms with E-state index in [0.717, 1.165) is 0 Å². The predicted molar refractivity (Wildman–Crippen MR) is 43.7 cm³/mol. The summed E-state index contributed by atoms with van der Waals surface area (Å²) in [6.07, 6.45) is 0.692. The molecule has 0 spiro atoms. The number of hydrogen-bond acceptors (Lipinski definition) is 3. The van der Waals surface area contributed by atoms with Crippen LogP contribution in [0.2, 0.25) is 0 Å². The van der Waals surface area contributed by atoms with E-state index in [4.69, 9.17) is 15.3 Å². The molecule has 0 aliphatic heterocycles. The van der Waals surface area contributed by atoms with Crippen LogP contribution in [0.1, 0.15) is 26.2 Å². The molecule has 0 radical (unpaired) electrons. The quantitative estimate of drug-likeness (QED) is 0.541. The summed E-state index contributed by atoms with van der Waals surface area (Å²) in [6.45, 7) is 1.51. The Morgan fingerprint density at radius 2 is 1.92 bits per heavy atom. The van der Waals surface area contributed by atoms with Crippen molar-refractivity contribution in [2.24, 2.45) is 5.92 Å². The van der Waals surface area contributed by atoms with Gasteiger partial charge in [0.25, 0.3) is 0 Å². The zero-order chi connectivity index (χ0) is 9.56. The molecule has 0 saturated heterocycles. The van der Waals surface area contributed by atoms with Crippen molar-refractivity contribution in [1.29, 1.82) is 0 Å². The summed E-state index contributed by atoms with van der Waals surface area (Å²) in [7, 11) is 0. The van der Waals surface area contributed by atoms with Gasteiger partial charge in [0.2, 0.25) is 0 Å². The lowest BCUT2D eigenvalue weighted by Gasteiger charge is -2.11. The third kappa shape index (κ3) is 5.09. The molecule has 0 aromatic carbocycles. The van der Waals surface area contributed by atoms with E-state index >= 15 is 0 Å². The van der Waals surface area contributed by atoms with E-state index in [1.54, 1.807) is 6.92 Å². The second-order valence-electron chi connectivity index (χ2n) is 2.97. The van der Waals surface area contributed by atoms with E-state index in [1.807, 2.05) is 0 Å². The van der Waals surface area contributed by atoms with Gasteiger partial charge in [-0.3, -0.25) is 4.79 Å². The molecule has 2 atom stereocenters. The van der Waals surface area contributed by atoms with Crippen molar-refractivity contribution >= 4 is 5.97 Å². The maximum atomic E-state index is 10.5.